The Morgan fingerprint density at radius 3 is 2.81 bits per heavy atom. The smallest absolute Gasteiger partial charge is 0.321 e. The lowest BCUT2D eigenvalue weighted by molar-refractivity contribution is 0.251. The van der Waals surface area contributed by atoms with E-state index in [-0.39, 0.29) is 6.03 Å². The number of thiazole rings is 1. The van der Waals surface area contributed by atoms with Gasteiger partial charge in [-0.25, -0.2) is 14.5 Å². The number of carbonyl (C=O) groups is 1. The van der Waals surface area contributed by atoms with Crippen molar-refractivity contribution in [3.8, 4) is 5.69 Å². The minimum Gasteiger partial charge on any atom is -0.334 e. The van der Waals surface area contributed by atoms with E-state index in [1.165, 1.54) is 24.1 Å². The SMILES string of the molecule is O=C(NCc1ccc(-n2cccn2)cc1)Nc1nc2c(s1)CCCCC2. The predicted molar refractivity (Wildman–Crippen MR) is 103 cm³/mol. The van der Waals surface area contributed by atoms with Gasteiger partial charge < -0.3 is 5.32 Å². The van der Waals surface area contributed by atoms with Gasteiger partial charge in [0, 0.05) is 23.8 Å². The van der Waals surface area contributed by atoms with Gasteiger partial charge in [0.15, 0.2) is 5.13 Å². The first-order valence-electron chi connectivity index (χ1n) is 8.90. The third-order valence-corrected chi connectivity index (χ3v) is 5.55. The van der Waals surface area contributed by atoms with E-state index in [4.69, 9.17) is 0 Å². The monoisotopic (exact) mass is 367 g/mol. The Kier molecular flexibility index (Phi) is 4.97. The number of urea groups is 1. The van der Waals surface area contributed by atoms with E-state index in [1.807, 2.05) is 36.5 Å². The number of nitrogens with one attached hydrogen (secondary N) is 2. The number of aryl methyl sites for hydroxylation is 2. The number of hydrogen-bond acceptors (Lipinski definition) is 4. The summed E-state index contributed by atoms with van der Waals surface area (Å²) in [6, 6.07) is 9.62. The number of nitrogens with zero attached hydrogens (tertiary/aromatic N) is 3. The number of carbonyl (C=O) groups excluding carboxylic acids is 1. The Balaban J connectivity index is 1.31. The number of amides is 2. The Labute approximate surface area is 156 Å². The Morgan fingerprint density at radius 2 is 2.00 bits per heavy atom. The van der Waals surface area contributed by atoms with E-state index in [0.717, 1.165) is 29.8 Å². The highest BCUT2D eigenvalue weighted by molar-refractivity contribution is 7.15. The number of aromatic nitrogens is 3. The predicted octanol–water partition coefficient (Wildman–Crippen LogP) is 3.92. The van der Waals surface area contributed by atoms with Gasteiger partial charge in [-0.2, -0.15) is 5.10 Å². The zero-order chi connectivity index (χ0) is 17.8. The summed E-state index contributed by atoms with van der Waals surface area (Å²) >= 11 is 1.61. The van der Waals surface area contributed by atoms with Crippen LogP contribution in [0.25, 0.3) is 5.69 Å². The number of hydrogen-bond donors (Lipinski definition) is 2. The molecule has 1 aromatic carbocycles. The van der Waals surface area contributed by atoms with E-state index in [9.17, 15) is 4.79 Å². The van der Waals surface area contributed by atoms with Gasteiger partial charge in [0.2, 0.25) is 0 Å². The van der Waals surface area contributed by atoms with Crippen molar-refractivity contribution in [3.63, 3.8) is 0 Å². The highest BCUT2D eigenvalue weighted by atomic mass is 32.1. The van der Waals surface area contributed by atoms with E-state index >= 15 is 0 Å². The van der Waals surface area contributed by atoms with Crippen LogP contribution in [0.3, 0.4) is 0 Å². The molecule has 2 heterocycles. The van der Waals surface area contributed by atoms with Crippen LogP contribution >= 0.6 is 11.3 Å². The van der Waals surface area contributed by atoms with E-state index in [2.05, 4.69) is 20.7 Å². The standard InChI is InChI=1S/C19H21N5OS/c25-18(23-19-22-16-5-2-1-3-6-17(16)26-19)20-13-14-7-9-15(10-8-14)24-12-4-11-21-24/h4,7-12H,1-3,5-6,13H2,(H2,20,22,23,25). The molecular weight excluding hydrogens is 346 g/mol. The van der Waals surface area contributed by atoms with Crippen LogP contribution in [0.1, 0.15) is 35.4 Å². The number of rotatable bonds is 4. The molecule has 0 bridgehead atoms. The van der Waals surface area contributed by atoms with Crippen molar-refractivity contribution in [2.24, 2.45) is 0 Å². The van der Waals surface area contributed by atoms with Gasteiger partial charge in [0.05, 0.1) is 11.4 Å². The van der Waals surface area contributed by atoms with Crippen LogP contribution in [0.4, 0.5) is 9.93 Å². The summed E-state index contributed by atoms with van der Waals surface area (Å²) in [7, 11) is 0. The third-order valence-electron chi connectivity index (χ3n) is 4.47. The fraction of sp³-hybridized carbons (Fsp3) is 0.316. The lowest BCUT2D eigenvalue weighted by Crippen LogP contribution is -2.28. The molecule has 3 aromatic rings. The average Bonchev–Trinajstić information content (AvgIpc) is 3.26. The quantitative estimate of drug-likeness (QED) is 0.687. The summed E-state index contributed by atoms with van der Waals surface area (Å²) in [5.41, 5.74) is 3.19. The van der Waals surface area contributed by atoms with Gasteiger partial charge in [-0.3, -0.25) is 5.32 Å². The largest absolute Gasteiger partial charge is 0.334 e. The van der Waals surface area contributed by atoms with Crippen molar-refractivity contribution in [3.05, 3.63) is 58.9 Å². The van der Waals surface area contributed by atoms with Crippen LogP contribution in [0, 0.1) is 0 Å². The molecule has 2 N–H and O–H groups in total. The first kappa shape index (κ1) is 16.8. The fourth-order valence-corrected chi connectivity index (χ4v) is 4.14. The molecule has 0 aliphatic heterocycles. The maximum Gasteiger partial charge on any atom is 0.321 e. The molecule has 1 aliphatic rings. The van der Waals surface area contributed by atoms with Crippen LogP contribution in [0.15, 0.2) is 42.7 Å². The summed E-state index contributed by atoms with van der Waals surface area (Å²) in [5.74, 6) is 0. The Hall–Kier alpha value is -2.67. The number of fused-ring (bicyclic) bond motifs is 1. The van der Waals surface area contributed by atoms with E-state index in [1.54, 1.807) is 22.2 Å². The van der Waals surface area contributed by atoms with E-state index in [0.29, 0.717) is 11.7 Å². The zero-order valence-corrected chi connectivity index (χ0v) is 15.3. The minimum absolute atomic E-state index is 0.218. The maximum absolute atomic E-state index is 12.2. The fourth-order valence-electron chi connectivity index (χ4n) is 3.09. The summed E-state index contributed by atoms with van der Waals surface area (Å²) in [6.07, 6.45) is 9.43. The second-order valence-corrected chi connectivity index (χ2v) is 7.46. The topological polar surface area (TPSA) is 71.8 Å². The minimum atomic E-state index is -0.218. The zero-order valence-electron chi connectivity index (χ0n) is 14.4. The molecule has 1 aliphatic carbocycles. The second kappa shape index (κ2) is 7.70. The Morgan fingerprint density at radius 1 is 1.15 bits per heavy atom. The molecule has 4 rings (SSSR count). The molecule has 0 saturated carbocycles. The van der Waals surface area contributed by atoms with Gasteiger partial charge in [-0.1, -0.05) is 18.6 Å². The molecule has 0 radical (unpaired) electrons. The highest BCUT2D eigenvalue weighted by Crippen LogP contribution is 2.28. The van der Waals surface area contributed by atoms with Crippen molar-refractivity contribution < 1.29 is 4.79 Å². The molecule has 7 heteroatoms. The van der Waals surface area contributed by atoms with Crippen molar-refractivity contribution >= 4 is 22.5 Å². The van der Waals surface area contributed by atoms with Crippen molar-refractivity contribution in [2.75, 3.05) is 5.32 Å². The molecule has 0 saturated heterocycles. The van der Waals surface area contributed by atoms with Crippen molar-refractivity contribution in [1.29, 1.82) is 0 Å². The van der Waals surface area contributed by atoms with Crippen molar-refractivity contribution in [2.45, 2.75) is 38.6 Å². The molecule has 0 spiro atoms. The molecule has 0 fully saturated rings. The molecule has 0 unspecified atom stereocenters. The molecule has 2 amide bonds. The first-order chi connectivity index (χ1) is 12.8. The van der Waals surface area contributed by atoms with Crippen LogP contribution < -0.4 is 10.6 Å². The van der Waals surface area contributed by atoms with Crippen LogP contribution in [-0.2, 0) is 19.4 Å². The van der Waals surface area contributed by atoms with Gasteiger partial charge in [-0.05, 0) is 49.4 Å². The summed E-state index contributed by atoms with van der Waals surface area (Å²) in [4.78, 5) is 18.1. The van der Waals surface area contributed by atoms with Gasteiger partial charge in [0.25, 0.3) is 0 Å². The van der Waals surface area contributed by atoms with Crippen LogP contribution in [0.5, 0.6) is 0 Å². The molecular formula is C19H21N5OS. The lowest BCUT2D eigenvalue weighted by Gasteiger charge is -2.07. The van der Waals surface area contributed by atoms with Gasteiger partial charge in [0.1, 0.15) is 0 Å². The number of anilines is 1. The summed E-state index contributed by atoms with van der Waals surface area (Å²) in [6.45, 7) is 0.469. The lowest BCUT2D eigenvalue weighted by atomic mass is 10.2. The molecule has 26 heavy (non-hydrogen) atoms. The molecule has 134 valence electrons. The molecule has 0 atom stereocenters. The highest BCUT2D eigenvalue weighted by Gasteiger charge is 2.15. The third kappa shape index (κ3) is 3.94. The van der Waals surface area contributed by atoms with Gasteiger partial charge >= 0.3 is 6.03 Å². The molecule has 2 aromatic heterocycles. The van der Waals surface area contributed by atoms with Crippen LogP contribution in [0.2, 0.25) is 0 Å². The molecule has 6 nitrogen and oxygen atoms in total. The van der Waals surface area contributed by atoms with E-state index < -0.39 is 0 Å². The van der Waals surface area contributed by atoms with Crippen LogP contribution in [-0.4, -0.2) is 20.8 Å². The normalized spacial score (nSPS) is 13.7. The first-order valence-corrected chi connectivity index (χ1v) is 9.72. The second-order valence-electron chi connectivity index (χ2n) is 6.37. The number of benzene rings is 1. The maximum atomic E-state index is 12.2. The summed E-state index contributed by atoms with van der Waals surface area (Å²) in [5, 5.41) is 10.7. The summed E-state index contributed by atoms with van der Waals surface area (Å²) < 4.78 is 1.80. The van der Waals surface area contributed by atoms with Gasteiger partial charge in [-0.15, -0.1) is 11.3 Å². The average molecular weight is 367 g/mol. The Bertz CT molecular complexity index is 846. The van der Waals surface area contributed by atoms with Crippen molar-refractivity contribution in [1.82, 2.24) is 20.1 Å².